The van der Waals surface area contributed by atoms with Crippen molar-refractivity contribution in [2.24, 2.45) is 0 Å². The highest BCUT2D eigenvalue weighted by atomic mass is 19.4. The van der Waals surface area contributed by atoms with Gasteiger partial charge in [0.05, 0.1) is 34.9 Å². The predicted molar refractivity (Wildman–Crippen MR) is 111 cm³/mol. The molecule has 3 aromatic rings. The quantitative estimate of drug-likeness (QED) is 0.357. The molecule has 3 N–H and O–H groups in total. The van der Waals surface area contributed by atoms with Crippen molar-refractivity contribution in [3.63, 3.8) is 0 Å². The third kappa shape index (κ3) is 8.77. The fourth-order valence-electron chi connectivity index (χ4n) is 2.96. The first-order valence-corrected chi connectivity index (χ1v) is 10.3. The van der Waals surface area contributed by atoms with E-state index in [0.29, 0.717) is 5.69 Å². The smallest absolute Gasteiger partial charge is 0.475 e. The Balaban J connectivity index is 0.000000638. The lowest BCUT2D eigenvalue weighted by Crippen LogP contribution is -2.32. The Morgan fingerprint density at radius 3 is 2.00 bits per heavy atom. The molecular formula is C22H17F9N4O3. The fourth-order valence-corrected chi connectivity index (χ4v) is 2.96. The highest BCUT2D eigenvalue weighted by Crippen LogP contribution is 2.36. The van der Waals surface area contributed by atoms with E-state index in [9.17, 15) is 44.3 Å². The monoisotopic (exact) mass is 556 g/mol. The molecule has 16 heteroatoms. The number of amides is 1. The number of carbonyl (C=O) groups excluding carboxylic acids is 1. The molecule has 1 unspecified atom stereocenters. The van der Waals surface area contributed by atoms with Gasteiger partial charge in [0.25, 0.3) is 0 Å². The summed E-state index contributed by atoms with van der Waals surface area (Å²) in [6.45, 7) is 0. The number of hydrogen-bond donors (Lipinski definition) is 3. The molecule has 0 spiro atoms. The van der Waals surface area contributed by atoms with Gasteiger partial charge in [0.15, 0.2) is 0 Å². The van der Waals surface area contributed by atoms with Crippen molar-refractivity contribution < 1.29 is 54.2 Å². The fraction of sp³-hybridized carbons (Fsp3) is 0.273. The average Bonchev–Trinajstić information content (AvgIpc) is 3.34. The number of carboxylic acids is 1. The van der Waals surface area contributed by atoms with Crippen molar-refractivity contribution in [1.82, 2.24) is 20.3 Å². The molecule has 1 amide bonds. The Morgan fingerprint density at radius 2 is 1.53 bits per heavy atom. The van der Waals surface area contributed by atoms with Gasteiger partial charge in [-0.2, -0.15) is 39.5 Å². The molecule has 0 saturated heterocycles. The van der Waals surface area contributed by atoms with Crippen LogP contribution < -0.4 is 5.32 Å². The Kier molecular flexibility index (Phi) is 9.48. The molecule has 7 nitrogen and oxygen atoms in total. The van der Waals surface area contributed by atoms with Gasteiger partial charge in [-0.25, -0.2) is 9.78 Å². The van der Waals surface area contributed by atoms with Crippen molar-refractivity contribution in [3.8, 4) is 0 Å². The summed E-state index contributed by atoms with van der Waals surface area (Å²) in [7, 11) is 0. The Morgan fingerprint density at radius 1 is 0.921 bits per heavy atom. The van der Waals surface area contributed by atoms with Gasteiger partial charge < -0.3 is 15.4 Å². The Hall–Kier alpha value is -4.11. The lowest BCUT2D eigenvalue weighted by Gasteiger charge is -2.23. The molecule has 0 saturated carbocycles. The van der Waals surface area contributed by atoms with Crippen LogP contribution in [0.2, 0.25) is 0 Å². The zero-order valence-electron chi connectivity index (χ0n) is 18.7. The highest BCUT2D eigenvalue weighted by molar-refractivity contribution is 5.77. The standard InChI is InChI=1S/C20H16F6N4O.C2HF3O2/c21-19(22,23)13-5-3-12(4-6-13)17(18-15(20(24,25)26)2-1-9-28-18)30-16(31)8-7-14-10-27-11-29-14;3-2(4,5)1(6)7/h1-6,9-11,17H,7-8H2,(H,27,29)(H,30,31);(H,6,7). The van der Waals surface area contributed by atoms with E-state index in [4.69, 9.17) is 9.90 Å². The molecule has 3 rings (SSSR count). The Labute approximate surface area is 207 Å². The maximum atomic E-state index is 13.5. The van der Waals surface area contributed by atoms with E-state index >= 15 is 0 Å². The van der Waals surface area contributed by atoms with Crippen LogP contribution in [0.1, 0.15) is 40.5 Å². The number of aromatic nitrogens is 3. The minimum atomic E-state index is -5.08. The van der Waals surface area contributed by atoms with Gasteiger partial charge in [0.2, 0.25) is 5.91 Å². The average molecular weight is 556 g/mol. The number of aliphatic carboxylic acids is 1. The summed E-state index contributed by atoms with van der Waals surface area (Å²) in [6.07, 6.45) is -10.2. The predicted octanol–water partition coefficient (Wildman–Crippen LogP) is 5.31. The van der Waals surface area contributed by atoms with Gasteiger partial charge in [-0.15, -0.1) is 0 Å². The molecule has 2 heterocycles. The number of nitrogens with zero attached hydrogens (tertiary/aromatic N) is 2. The summed E-state index contributed by atoms with van der Waals surface area (Å²) >= 11 is 0. The van der Waals surface area contributed by atoms with Crippen LogP contribution in [0.25, 0.3) is 0 Å². The van der Waals surface area contributed by atoms with Crippen LogP contribution in [-0.4, -0.2) is 38.1 Å². The number of carbonyl (C=O) groups is 2. The van der Waals surface area contributed by atoms with E-state index in [2.05, 4.69) is 20.3 Å². The summed E-state index contributed by atoms with van der Waals surface area (Å²) in [5.74, 6) is -3.36. The first-order chi connectivity index (χ1) is 17.5. The van der Waals surface area contributed by atoms with Gasteiger partial charge in [0, 0.05) is 18.8 Å². The molecule has 0 aliphatic rings. The van der Waals surface area contributed by atoms with Crippen LogP contribution in [0.15, 0.2) is 55.1 Å². The van der Waals surface area contributed by atoms with Crippen molar-refractivity contribution in [3.05, 3.63) is 83.2 Å². The van der Waals surface area contributed by atoms with Crippen molar-refractivity contribution in [1.29, 1.82) is 0 Å². The second kappa shape index (κ2) is 12.0. The zero-order valence-corrected chi connectivity index (χ0v) is 18.7. The van der Waals surface area contributed by atoms with Crippen LogP contribution in [-0.2, 0) is 28.4 Å². The third-order valence-electron chi connectivity index (χ3n) is 4.70. The number of carboxylic acid groups (broad SMARTS) is 1. The number of aromatic amines is 1. The molecule has 0 aliphatic carbocycles. The Bertz CT molecular complexity index is 1210. The highest BCUT2D eigenvalue weighted by Gasteiger charge is 2.38. The molecule has 1 atom stereocenters. The molecule has 0 aliphatic heterocycles. The zero-order chi connectivity index (χ0) is 28.7. The van der Waals surface area contributed by atoms with Crippen molar-refractivity contribution >= 4 is 11.9 Å². The molecule has 38 heavy (non-hydrogen) atoms. The first-order valence-electron chi connectivity index (χ1n) is 10.3. The minimum absolute atomic E-state index is 0.0327. The summed E-state index contributed by atoms with van der Waals surface area (Å²) in [5, 5.41) is 9.59. The van der Waals surface area contributed by atoms with Crippen LogP contribution in [0.3, 0.4) is 0 Å². The maximum absolute atomic E-state index is 13.5. The maximum Gasteiger partial charge on any atom is 0.490 e. The number of pyridine rings is 1. The van der Waals surface area contributed by atoms with Crippen LogP contribution in [0.4, 0.5) is 39.5 Å². The largest absolute Gasteiger partial charge is 0.490 e. The molecule has 0 fully saturated rings. The van der Waals surface area contributed by atoms with Crippen molar-refractivity contribution in [2.45, 2.75) is 37.4 Å². The SMILES string of the molecule is O=C(CCc1c[nH]cn1)NC(c1ccc(C(F)(F)F)cc1)c1ncccc1C(F)(F)F.O=C(O)C(F)(F)F. The molecule has 0 bridgehead atoms. The number of alkyl halides is 9. The van der Waals surface area contributed by atoms with Crippen LogP contribution in [0.5, 0.6) is 0 Å². The molecule has 1 aromatic carbocycles. The van der Waals surface area contributed by atoms with E-state index in [-0.39, 0.29) is 18.4 Å². The number of imidazole rings is 1. The van der Waals surface area contributed by atoms with E-state index in [0.717, 1.165) is 42.6 Å². The topological polar surface area (TPSA) is 108 Å². The molecule has 0 radical (unpaired) electrons. The number of hydrogen-bond acceptors (Lipinski definition) is 4. The van der Waals surface area contributed by atoms with E-state index < -0.39 is 53.3 Å². The summed E-state index contributed by atoms with van der Waals surface area (Å²) in [6, 6.07) is 4.03. The van der Waals surface area contributed by atoms with Gasteiger partial charge in [-0.1, -0.05) is 12.1 Å². The molecule has 206 valence electrons. The lowest BCUT2D eigenvalue weighted by molar-refractivity contribution is -0.192. The molecule has 2 aromatic heterocycles. The number of benzene rings is 1. The number of aryl methyl sites for hydroxylation is 1. The van der Waals surface area contributed by atoms with E-state index in [1.165, 1.54) is 6.33 Å². The van der Waals surface area contributed by atoms with Gasteiger partial charge in [-0.05, 0) is 36.2 Å². The first kappa shape index (κ1) is 30.1. The number of halogens is 9. The van der Waals surface area contributed by atoms with Gasteiger partial charge >= 0.3 is 24.5 Å². The molecular weight excluding hydrogens is 539 g/mol. The summed E-state index contributed by atoms with van der Waals surface area (Å²) in [4.78, 5) is 31.8. The third-order valence-corrected chi connectivity index (χ3v) is 4.70. The van der Waals surface area contributed by atoms with E-state index in [1.807, 2.05) is 0 Å². The normalized spacial score (nSPS) is 12.8. The minimum Gasteiger partial charge on any atom is -0.475 e. The van der Waals surface area contributed by atoms with Crippen LogP contribution in [0, 0.1) is 0 Å². The number of H-pyrrole nitrogens is 1. The number of nitrogens with one attached hydrogen (secondary N) is 2. The van der Waals surface area contributed by atoms with E-state index in [1.54, 1.807) is 6.20 Å². The summed E-state index contributed by atoms with van der Waals surface area (Å²) < 4.78 is 111. The summed E-state index contributed by atoms with van der Waals surface area (Å²) in [5.41, 5.74) is -1.95. The lowest BCUT2D eigenvalue weighted by atomic mass is 9.97. The van der Waals surface area contributed by atoms with Gasteiger partial charge in [-0.3, -0.25) is 9.78 Å². The van der Waals surface area contributed by atoms with Gasteiger partial charge in [0.1, 0.15) is 0 Å². The second-order valence-corrected chi connectivity index (χ2v) is 7.42. The van der Waals surface area contributed by atoms with Crippen molar-refractivity contribution in [2.75, 3.05) is 0 Å². The van der Waals surface area contributed by atoms with Crippen LogP contribution >= 0.6 is 0 Å². The second-order valence-electron chi connectivity index (χ2n) is 7.42. The number of rotatable bonds is 6.